The highest BCUT2D eigenvalue weighted by Gasteiger charge is 2.13. The molecule has 0 aliphatic carbocycles. The molecule has 0 aliphatic heterocycles. The number of nitrogens with one attached hydrogen (secondary N) is 1. The molecule has 1 aromatic carbocycles. The standard InChI is InChI=1S/C13H18ClFN2/c1-2-3-4-7-17-13(9-16)11-6-5-10(14)8-12(11)15/h2-3,5-6,8,13,17H,4,7,9,16H2,1H3/b3-2+. The van der Waals surface area contributed by atoms with E-state index in [0.29, 0.717) is 17.1 Å². The van der Waals surface area contributed by atoms with Crippen LogP contribution in [0.3, 0.4) is 0 Å². The van der Waals surface area contributed by atoms with Crippen LogP contribution in [0.1, 0.15) is 24.9 Å². The summed E-state index contributed by atoms with van der Waals surface area (Å²) in [5, 5.41) is 3.62. The third-order valence-electron chi connectivity index (χ3n) is 2.51. The molecular formula is C13H18ClFN2. The highest BCUT2D eigenvalue weighted by molar-refractivity contribution is 6.30. The van der Waals surface area contributed by atoms with Crippen molar-refractivity contribution in [3.8, 4) is 0 Å². The minimum Gasteiger partial charge on any atom is -0.329 e. The minimum absolute atomic E-state index is 0.169. The van der Waals surface area contributed by atoms with E-state index < -0.39 is 0 Å². The Hall–Kier alpha value is -0.900. The van der Waals surface area contributed by atoms with Crippen LogP contribution in [0.25, 0.3) is 0 Å². The van der Waals surface area contributed by atoms with Crippen molar-refractivity contribution in [1.82, 2.24) is 5.32 Å². The second-order valence-electron chi connectivity index (χ2n) is 3.77. The van der Waals surface area contributed by atoms with Gasteiger partial charge in [0.15, 0.2) is 0 Å². The van der Waals surface area contributed by atoms with Gasteiger partial charge in [-0.05, 0) is 32.0 Å². The van der Waals surface area contributed by atoms with E-state index in [1.54, 1.807) is 12.1 Å². The van der Waals surface area contributed by atoms with E-state index in [9.17, 15) is 4.39 Å². The normalized spacial score (nSPS) is 13.2. The van der Waals surface area contributed by atoms with Crippen molar-refractivity contribution in [2.75, 3.05) is 13.1 Å². The smallest absolute Gasteiger partial charge is 0.129 e. The Bertz CT molecular complexity index is 380. The first-order valence-electron chi connectivity index (χ1n) is 5.68. The Morgan fingerprint density at radius 3 is 2.88 bits per heavy atom. The Balaban J connectivity index is 2.65. The Labute approximate surface area is 107 Å². The van der Waals surface area contributed by atoms with Gasteiger partial charge in [-0.2, -0.15) is 0 Å². The van der Waals surface area contributed by atoms with Crippen LogP contribution in [-0.4, -0.2) is 13.1 Å². The second kappa shape index (κ2) is 7.43. The summed E-state index contributed by atoms with van der Waals surface area (Å²) in [6, 6.07) is 4.50. The molecule has 4 heteroatoms. The van der Waals surface area contributed by atoms with E-state index in [2.05, 4.69) is 11.4 Å². The molecule has 1 unspecified atom stereocenters. The lowest BCUT2D eigenvalue weighted by Gasteiger charge is -2.17. The molecule has 0 aliphatic rings. The Morgan fingerprint density at radius 1 is 1.53 bits per heavy atom. The first kappa shape index (κ1) is 14.2. The number of hydrogen-bond acceptors (Lipinski definition) is 2. The molecule has 1 rings (SSSR count). The molecule has 0 radical (unpaired) electrons. The topological polar surface area (TPSA) is 38.0 Å². The van der Waals surface area contributed by atoms with Gasteiger partial charge in [0.05, 0.1) is 0 Å². The first-order valence-corrected chi connectivity index (χ1v) is 6.06. The first-order chi connectivity index (χ1) is 8.19. The van der Waals surface area contributed by atoms with Crippen LogP contribution in [0.15, 0.2) is 30.4 Å². The van der Waals surface area contributed by atoms with Gasteiger partial charge < -0.3 is 11.1 Å². The van der Waals surface area contributed by atoms with Crippen molar-refractivity contribution in [1.29, 1.82) is 0 Å². The van der Waals surface area contributed by atoms with Crippen molar-refractivity contribution in [3.05, 3.63) is 46.8 Å². The summed E-state index contributed by atoms with van der Waals surface area (Å²) in [5.41, 5.74) is 6.21. The number of benzene rings is 1. The lowest BCUT2D eigenvalue weighted by molar-refractivity contribution is 0.511. The molecule has 0 fully saturated rings. The molecule has 0 bridgehead atoms. The van der Waals surface area contributed by atoms with Crippen LogP contribution in [0.5, 0.6) is 0 Å². The van der Waals surface area contributed by atoms with Crippen LogP contribution in [0.4, 0.5) is 4.39 Å². The maximum absolute atomic E-state index is 13.7. The fraction of sp³-hybridized carbons (Fsp3) is 0.385. The Morgan fingerprint density at radius 2 is 2.29 bits per heavy atom. The van der Waals surface area contributed by atoms with Gasteiger partial charge in [0.25, 0.3) is 0 Å². The molecule has 1 atom stereocenters. The number of allylic oxidation sites excluding steroid dienone is 1. The maximum atomic E-state index is 13.7. The predicted molar refractivity (Wildman–Crippen MR) is 70.6 cm³/mol. The quantitative estimate of drug-likeness (QED) is 0.607. The zero-order chi connectivity index (χ0) is 12.7. The second-order valence-corrected chi connectivity index (χ2v) is 4.20. The van der Waals surface area contributed by atoms with Gasteiger partial charge in [0.2, 0.25) is 0 Å². The fourth-order valence-corrected chi connectivity index (χ4v) is 1.77. The van der Waals surface area contributed by atoms with Crippen LogP contribution in [0, 0.1) is 5.82 Å². The molecule has 1 aromatic rings. The van der Waals surface area contributed by atoms with Crippen LogP contribution < -0.4 is 11.1 Å². The van der Waals surface area contributed by atoms with Gasteiger partial charge in [-0.1, -0.05) is 29.8 Å². The highest BCUT2D eigenvalue weighted by atomic mass is 35.5. The molecule has 3 N–H and O–H groups in total. The molecule has 0 spiro atoms. The highest BCUT2D eigenvalue weighted by Crippen LogP contribution is 2.20. The van der Waals surface area contributed by atoms with Crippen molar-refractivity contribution in [3.63, 3.8) is 0 Å². The average Bonchev–Trinajstić information content (AvgIpc) is 2.31. The fourth-order valence-electron chi connectivity index (χ4n) is 1.61. The van der Waals surface area contributed by atoms with Gasteiger partial charge in [0.1, 0.15) is 5.82 Å². The van der Waals surface area contributed by atoms with E-state index in [1.165, 1.54) is 6.07 Å². The zero-order valence-corrected chi connectivity index (χ0v) is 10.7. The van der Waals surface area contributed by atoms with Crippen molar-refractivity contribution >= 4 is 11.6 Å². The number of hydrogen-bond donors (Lipinski definition) is 2. The molecule has 0 heterocycles. The molecule has 0 aromatic heterocycles. The van der Waals surface area contributed by atoms with Crippen molar-refractivity contribution in [2.24, 2.45) is 5.73 Å². The number of nitrogens with two attached hydrogens (primary N) is 1. The van der Waals surface area contributed by atoms with Crippen LogP contribution in [-0.2, 0) is 0 Å². The molecule has 0 amide bonds. The predicted octanol–water partition coefficient (Wildman–Crippen LogP) is 3.03. The van der Waals surface area contributed by atoms with E-state index in [-0.39, 0.29) is 11.9 Å². The van der Waals surface area contributed by atoms with Crippen LogP contribution in [0.2, 0.25) is 5.02 Å². The largest absolute Gasteiger partial charge is 0.329 e. The third-order valence-corrected chi connectivity index (χ3v) is 2.75. The molecule has 0 saturated carbocycles. The summed E-state index contributed by atoms with van der Waals surface area (Å²) in [4.78, 5) is 0. The van der Waals surface area contributed by atoms with E-state index in [4.69, 9.17) is 17.3 Å². The molecule has 2 nitrogen and oxygen atoms in total. The zero-order valence-electron chi connectivity index (χ0n) is 9.92. The number of rotatable bonds is 6. The molecule has 0 saturated heterocycles. The summed E-state index contributed by atoms with van der Waals surface area (Å²) < 4.78 is 13.7. The van der Waals surface area contributed by atoms with Gasteiger partial charge in [-0.15, -0.1) is 0 Å². The summed E-state index contributed by atoms with van der Waals surface area (Å²) in [7, 11) is 0. The van der Waals surface area contributed by atoms with Gasteiger partial charge >= 0.3 is 0 Å². The molecular weight excluding hydrogens is 239 g/mol. The summed E-state index contributed by atoms with van der Waals surface area (Å²) in [6.45, 7) is 3.10. The SMILES string of the molecule is C/C=C/CCNC(CN)c1ccc(Cl)cc1F. The lowest BCUT2D eigenvalue weighted by atomic mass is 10.1. The average molecular weight is 257 g/mol. The summed E-state index contributed by atoms with van der Waals surface area (Å²) in [5.74, 6) is -0.313. The summed E-state index contributed by atoms with van der Waals surface area (Å²) in [6.07, 6.45) is 4.95. The van der Waals surface area contributed by atoms with Gasteiger partial charge in [-0.3, -0.25) is 0 Å². The van der Waals surface area contributed by atoms with Gasteiger partial charge in [-0.25, -0.2) is 4.39 Å². The minimum atomic E-state index is -0.313. The van der Waals surface area contributed by atoms with Crippen LogP contribution >= 0.6 is 11.6 Å². The Kier molecular flexibility index (Phi) is 6.19. The van der Waals surface area contributed by atoms with E-state index in [1.807, 2.05) is 13.0 Å². The van der Waals surface area contributed by atoms with Gasteiger partial charge in [0, 0.05) is 23.2 Å². The monoisotopic (exact) mass is 256 g/mol. The summed E-state index contributed by atoms with van der Waals surface area (Å²) >= 11 is 5.71. The van der Waals surface area contributed by atoms with E-state index >= 15 is 0 Å². The van der Waals surface area contributed by atoms with E-state index in [0.717, 1.165) is 13.0 Å². The van der Waals surface area contributed by atoms with Crippen molar-refractivity contribution in [2.45, 2.75) is 19.4 Å². The number of halogens is 2. The molecule has 94 valence electrons. The van der Waals surface area contributed by atoms with Crippen molar-refractivity contribution < 1.29 is 4.39 Å². The lowest BCUT2D eigenvalue weighted by Crippen LogP contribution is -2.29. The maximum Gasteiger partial charge on any atom is 0.129 e. The third kappa shape index (κ3) is 4.46. The molecule has 17 heavy (non-hydrogen) atoms.